The van der Waals surface area contributed by atoms with Gasteiger partial charge < -0.3 is 19.5 Å². The number of carbonyl (C=O) groups is 1. The van der Waals surface area contributed by atoms with Crippen LogP contribution in [0, 0.1) is 0 Å². The van der Waals surface area contributed by atoms with Crippen LogP contribution in [0.3, 0.4) is 0 Å². The van der Waals surface area contributed by atoms with E-state index in [0.29, 0.717) is 35.1 Å². The summed E-state index contributed by atoms with van der Waals surface area (Å²) in [6.07, 6.45) is 2.06. The summed E-state index contributed by atoms with van der Waals surface area (Å²) in [5.41, 5.74) is 1.17. The van der Waals surface area contributed by atoms with Gasteiger partial charge in [-0.25, -0.2) is 0 Å². The number of methoxy groups -OCH3 is 2. The van der Waals surface area contributed by atoms with E-state index in [9.17, 15) is 4.79 Å². The predicted molar refractivity (Wildman–Crippen MR) is 94.3 cm³/mol. The number of benzene rings is 2. The Morgan fingerprint density at radius 1 is 1.04 bits per heavy atom. The van der Waals surface area contributed by atoms with Crippen molar-refractivity contribution in [3.8, 4) is 17.2 Å². The number of hydrogen-bond donors (Lipinski definition) is 1. The number of unbranched alkanes of at least 4 members (excludes halogenated alkanes) is 1. The Morgan fingerprint density at radius 2 is 1.83 bits per heavy atom. The molecule has 0 radical (unpaired) electrons. The minimum atomic E-state index is -0.205. The SMILES string of the molecule is CCCCOc1cccc(C(=O)Nc2ccc(OC)c(OC)c2)c1. The van der Waals surface area contributed by atoms with Crippen molar-refractivity contribution in [2.45, 2.75) is 19.8 Å². The van der Waals surface area contributed by atoms with E-state index in [-0.39, 0.29) is 5.91 Å². The molecule has 5 heteroatoms. The van der Waals surface area contributed by atoms with Crippen molar-refractivity contribution in [1.82, 2.24) is 0 Å². The molecule has 0 unspecified atom stereocenters. The maximum atomic E-state index is 12.4. The second-order valence-corrected chi connectivity index (χ2v) is 5.25. The predicted octanol–water partition coefficient (Wildman–Crippen LogP) is 4.14. The zero-order valence-electron chi connectivity index (χ0n) is 14.3. The lowest BCUT2D eigenvalue weighted by Crippen LogP contribution is -2.12. The molecule has 24 heavy (non-hydrogen) atoms. The van der Waals surface area contributed by atoms with Crippen molar-refractivity contribution >= 4 is 11.6 Å². The van der Waals surface area contributed by atoms with Crippen molar-refractivity contribution in [1.29, 1.82) is 0 Å². The van der Waals surface area contributed by atoms with E-state index in [4.69, 9.17) is 14.2 Å². The standard InChI is InChI=1S/C19H23NO4/c1-4-5-11-24-16-8-6-7-14(12-16)19(21)20-15-9-10-17(22-2)18(13-15)23-3/h6-10,12-13H,4-5,11H2,1-3H3,(H,20,21). The van der Waals surface area contributed by atoms with Crippen molar-refractivity contribution in [2.75, 3.05) is 26.1 Å². The number of anilines is 1. The third-order valence-electron chi connectivity index (χ3n) is 3.50. The molecule has 128 valence electrons. The van der Waals surface area contributed by atoms with Crippen LogP contribution in [0.4, 0.5) is 5.69 Å². The molecule has 0 spiro atoms. The Balaban J connectivity index is 2.08. The number of ether oxygens (including phenoxy) is 3. The van der Waals surface area contributed by atoms with Crippen LogP contribution in [0.2, 0.25) is 0 Å². The minimum Gasteiger partial charge on any atom is -0.494 e. The molecule has 0 atom stereocenters. The molecular formula is C19H23NO4. The first-order valence-corrected chi connectivity index (χ1v) is 7.94. The van der Waals surface area contributed by atoms with Crippen LogP contribution in [0.5, 0.6) is 17.2 Å². The first-order chi connectivity index (χ1) is 11.7. The molecule has 0 fully saturated rings. The normalized spacial score (nSPS) is 10.1. The molecule has 1 N–H and O–H groups in total. The van der Waals surface area contributed by atoms with Gasteiger partial charge in [0.2, 0.25) is 0 Å². The fourth-order valence-electron chi connectivity index (χ4n) is 2.18. The first kappa shape index (κ1) is 17.7. The largest absolute Gasteiger partial charge is 0.494 e. The Morgan fingerprint density at radius 3 is 2.54 bits per heavy atom. The zero-order valence-corrected chi connectivity index (χ0v) is 14.3. The van der Waals surface area contributed by atoms with E-state index in [1.807, 2.05) is 12.1 Å². The van der Waals surface area contributed by atoms with Gasteiger partial charge in [0.25, 0.3) is 5.91 Å². The maximum Gasteiger partial charge on any atom is 0.255 e. The molecule has 0 aliphatic carbocycles. The van der Waals surface area contributed by atoms with Gasteiger partial charge in [-0.1, -0.05) is 19.4 Å². The molecular weight excluding hydrogens is 306 g/mol. The van der Waals surface area contributed by atoms with Crippen LogP contribution >= 0.6 is 0 Å². The summed E-state index contributed by atoms with van der Waals surface area (Å²) >= 11 is 0. The highest BCUT2D eigenvalue weighted by atomic mass is 16.5. The van der Waals surface area contributed by atoms with Gasteiger partial charge in [0.15, 0.2) is 11.5 Å². The average Bonchev–Trinajstić information content (AvgIpc) is 2.62. The molecule has 0 heterocycles. The molecule has 0 bridgehead atoms. The smallest absolute Gasteiger partial charge is 0.255 e. The lowest BCUT2D eigenvalue weighted by atomic mass is 10.2. The molecule has 0 saturated carbocycles. The highest BCUT2D eigenvalue weighted by Crippen LogP contribution is 2.30. The van der Waals surface area contributed by atoms with Gasteiger partial charge in [0.05, 0.1) is 20.8 Å². The van der Waals surface area contributed by atoms with Gasteiger partial charge in [0, 0.05) is 17.3 Å². The van der Waals surface area contributed by atoms with E-state index in [0.717, 1.165) is 12.8 Å². The Bertz CT molecular complexity index is 685. The minimum absolute atomic E-state index is 0.205. The Labute approximate surface area is 142 Å². The molecule has 0 saturated heterocycles. The molecule has 0 aliphatic rings. The van der Waals surface area contributed by atoms with Crippen molar-refractivity contribution < 1.29 is 19.0 Å². The highest BCUT2D eigenvalue weighted by Gasteiger charge is 2.10. The molecule has 1 amide bonds. The quantitative estimate of drug-likeness (QED) is 0.740. The molecule has 2 aromatic carbocycles. The summed E-state index contributed by atoms with van der Waals surface area (Å²) in [5, 5.41) is 2.85. The van der Waals surface area contributed by atoms with E-state index in [1.165, 1.54) is 0 Å². The number of nitrogens with one attached hydrogen (secondary N) is 1. The zero-order chi connectivity index (χ0) is 17.4. The van der Waals surface area contributed by atoms with Gasteiger partial charge >= 0.3 is 0 Å². The third-order valence-corrected chi connectivity index (χ3v) is 3.50. The molecule has 2 rings (SSSR count). The highest BCUT2D eigenvalue weighted by molar-refractivity contribution is 6.04. The van der Waals surface area contributed by atoms with E-state index in [2.05, 4.69) is 12.2 Å². The van der Waals surface area contributed by atoms with Crippen molar-refractivity contribution in [2.24, 2.45) is 0 Å². The Kier molecular flexibility index (Phi) is 6.49. The second-order valence-electron chi connectivity index (χ2n) is 5.25. The summed E-state index contributed by atoms with van der Waals surface area (Å²) < 4.78 is 16.1. The molecule has 5 nitrogen and oxygen atoms in total. The fraction of sp³-hybridized carbons (Fsp3) is 0.316. The molecule has 2 aromatic rings. The van der Waals surface area contributed by atoms with Crippen LogP contribution < -0.4 is 19.5 Å². The van der Waals surface area contributed by atoms with Crippen LogP contribution in [0.15, 0.2) is 42.5 Å². The number of carbonyl (C=O) groups excluding carboxylic acids is 1. The third kappa shape index (κ3) is 4.65. The average molecular weight is 329 g/mol. The van der Waals surface area contributed by atoms with Crippen LogP contribution in [0.25, 0.3) is 0 Å². The summed E-state index contributed by atoms with van der Waals surface area (Å²) in [6, 6.07) is 12.4. The summed E-state index contributed by atoms with van der Waals surface area (Å²) in [7, 11) is 3.13. The Hall–Kier alpha value is -2.69. The van der Waals surface area contributed by atoms with E-state index < -0.39 is 0 Å². The molecule has 0 aromatic heterocycles. The van der Waals surface area contributed by atoms with Gasteiger partial charge in [-0.05, 0) is 36.8 Å². The van der Waals surface area contributed by atoms with E-state index in [1.54, 1.807) is 44.6 Å². The van der Waals surface area contributed by atoms with Crippen LogP contribution in [0.1, 0.15) is 30.1 Å². The molecule has 0 aliphatic heterocycles. The van der Waals surface area contributed by atoms with Gasteiger partial charge in [-0.2, -0.15) is 0 Å². The lowest BCUT2D eigenvalue weighted by molar-refractivity contribution is 0.102. The van der Waals surface area contributed by atoms with Crippen LogP contribution in [-0.2, 0) is 0 Å². The van der Waals surface area contributed by atoms with Gasteiger partial charge in [-0.15, -0.1) is 0 Å². The van der Waals surface area contributed by atoms with Gasteiger partial charge in [-0.3, -0.25) is 4.79 Å². The lowest BCUT2D eigenvalue weighted by Gasteiger charge is -2.11. The maximum absolute atomic E-state index is 12.4. The van der Waals surface area contributed by atoms with Crippen molar-refractivity contribution in [3.63, 3.8) is 0 Å². The topological polar surface area (TPSA) is 56.8 Å². The summed E-state index contributed by atoms with van der Waals surface area (Å²) in [4.78, 5) is 12.4. The number of hydrogen-bond acceptors (Lipinski definition) is 4. The first-order valence-electron chi connectivity index (χ1n) is 7.94. The van der Waals surface area contributed by atoms with Crippen LogP contribution in [-0.4, -0.2) is 26.7 Å². The summed E-state index contributed by atoms with van der Waals surface area (Å²) in [5.74, 6) is 1.67. The fourth-order valence-corrected chi connectivity index (χ4v) is 2.18. The van der Waals surface area contributed by atoms with Crippen molar-refractivity contribution in [3.05, 3.63) is 48.0 Å². The number of rotatable bonds is 8. The monoisotopic (exact) mass is 329 g/mol. The van der Waals surface area contributed by atoms with Gasteiger partial charge in [0.1, 0.15) is 5.75 Å². The van der Waals surface area contributed by atoms with E-state index >= 15 is 0 Å². The number of amides is 1. The second kappa shape index (κ2) is 8.82. The summed E-state index contributed by atoms with van der Waals surface area (Å²) in [6.45, 7) is 2.76.